The Morgan fingerprint density at radius 2 is 1.79 bits per heavy atom. The van der Waals surface area contributed by atoms with Crippen LogP contribution in [-0.2, 0) is 0 Å². The van der Waals surface area contributed by atoms with Crippen LogP contribution >= 0.6 is 0 Å². The van der Waals surface area contributed by atoms with Gasteiger partial charge in [-0.1, -0.05) is 70.4 Å². The highest BCUT2D eigenvalue weighted by atomic mass is 14.1. The van der Waals surface area contributed by atoms with Crippen LogP contribution < -0.4 is 0 Å². The molecule has 1 unspecified atom stereocenters. The molecule has 14 heavy (non-hydrogen) atoms. The first-order chi connectivity index (χ1) is 6.74. The highest BCUT2D eigenvalue weighted by molar-refractivity contribution is 5.48. The molecule has 0 aromatic rings. The molecule has 0 aromatic heterocycles. The summed E-state index contributed by atoms with van der Waals surface area (Å²) in [7, 11) is 0. The van der Waals surface area contributed by atoms with Crippen molar-refractivity contribution in [2.45, 2.75) is 20.8 Å². The molecule has 0 bridgehead atoms. The fraction of sp³-hybridized carbons (Fsp3) is 0.286. The summed E-state index contributed by atoms with van der Waals surface area (Å²) in [6.07, 6.45) is 12.2. The normalized spacial score (nSPS) is 22.6. The summed E-state index contributed by atoms with van der Waals surface area (Å²) in [5.74, 6) is 0.498. The van der Waals surface area contributed by atoms with Gasteiger partial charge in [0.05, 0.1) is 0 Å². The van der Waals surface area contributed by atoms with Crippen LogP contribution in [0.1, 0.15) is 20.8 Å². The quantitative estimate of drug-likeness (QED) is 0.570. The van der Waals surface area contributed by atoms with E-state index in [1.807, 2.05) is 19.9 Å². The van der Waals surface area contributed by atoms with Crippen molar-refractivity contribution in [2.75, 3.05) is 0 Å². The first-order valence-corrected chi connectivity index (χ1v) is 5.12. The van der Waals surface area contributed by atoms with E-state index in [1.165, 1.54) is 0 Å². The van der Waals surface area contributed by atoms with Gasteiger partial charge in [-0.25, -0.2) is 0 Å². The molecule has 0 N–H and O–H groups in total. The zero-order chi connectivity index (χ0) is 11.0. The molecule has 0 nitrogen and oxygen atoms in total. The van der Waals surface area contributed by atoms with Crippen molar-refractivity contribution in [2.24, 2.45) is 5.92 Å². The minimum absolute atomic E-state index is 0.498. The van der Waals surface area contributed by atoms with Crippen LogP contribution in [0.4, 0.5) is 0 Å². The maximum absolute atomic E-state index is 3.95. The summed E-state index contributed by atoms with van der Waals surface area (Å²) in [6, 6.07) is 0. The van der Waals surface area contributed by atoms with Gasteiger partial charge < -0.3 is 0 Å². The lowest BCUT2D eigenvalue weighted by Crippen LogP contribution is -1.77. The van der Waals surface area contributed by atoms with E-state index in [0.717, 1.165) is 11.1 Å². The second-order valence-electron chi connectivity index (χ2n) is 2.96. The third-order valence-corrected chi connectivity index (χ3v) is 1.85. The summed E-state index contributed by atoms with van der Waals surface area (Å²) >= 11 is 0. The topological polar surface area (TPSA) is 0 Å². The Balaban J connectivity index is 0.000000791. The zero-order valence-electron chi connectivity index (χ0n) is 9.46. The second kappa shape index (κ2) is 7.14. The van der Waals surface area contributed by atoms with Crippen molar-refractivity contribution in [1.29, 1.82) is 0 Å². The molecule has 1 aliphatic carbocycles. The van der Waals surface area contributed by atoms with Gasteiger partial charge in [0.2, 0.25) is 0 Å². The molecular formula is C14H20. The van der Waals surface area contributed by atoms with Gasteiger partial charge in [0.15, 0.2) is 0 Å². The van der Waals surface area contributed by atoms with Crippen LogP contribution in [0, 0.1) is 5.92 Å². The Morgan fingerprint density at radius 1 is 1.21 bits per heavy atom. The lowest BCUT2D eigenvalue weighted by molar-refractivity contribution is 0.943. The molecule has 1 atom stereocenters. The average Bonchev–Trinajstić information content (AvgIpc) is 2.37. The van der Waals surface area contributed by atoms with E-state index < -0.39 is 0 Å². The van der Waals surface area contributed by atoms with Gasteiger partial charge in [-0.05, 0) is 17.1 Å². The number of hydrogen-bond acceptors (Lipinski definition) is 0. The predicted molar refractivity (Wildman–Crippen MR) is 66.2 cm³/mol. The van der Waals surface area contributed by atoms with Gasteiger partial charge in [0.1, 0.15) is 0 Å². The van der Waals surface area contributed by atoms with E-state index in [2.05, 4.69) is 44.4 Å². The summed E-state index contributed by atoms with van der Waals surface area (Å²) < 4.78 is 0. The molecule has 0 spiro atoms. The van der Waals surface area contributed by atoms with Gasteiger partial charge in [0.25, 0.3) is 0 Å². The van der Waals surface area contributed by atoms with Gasteiger partial charge in [0, 0.05) is 0 Å². The van der Waals surface area contributed by atoms with Gasteiger partial charge in [-0.3, -0.25) is 0 Å². The van der Waals surface area contributed by atoms with Crippen LogP contribution in [0.15, 0.2) is 60.8 Å². The lowest BCUT2D eigenvalue weighted by atomic mass is 10.1. The second-order valence-corrected chi connectivity index (χ2v) is 2.96. The smallest absolute Gasteiger partial charge is 0.00752 e. The van der Waals surface area contributed by atoms with E-state index in [9.17, 15) is 0 Å². The van der Waals surface area contributed by atoms with E-state index >= 15 is 0 Å². The van der Waals surface area contributed by atoms with Crippen molar-refractivity contribution < 1.29 is 0 Å². The molecule has 0 heterocycles. The van der Waals surface area contributed by atoms with Crippen LogP contribution in [0.25, 0.3) is 0 Å². The Morgan fingerprint density at radius 3 is 2.36 bits per heavy atom. The molecule has 0 amide bonds. The highest BCUT2D eigenvalue weighted by Crippen LogP contribution is 2.17. The minimum atomic E-state index is 0.498. The van der Waals surface area contributed by atoms with Crippen LogP contribution in [0.2, 0.25) is 0 Å². The fourth-order valence-corrected chi connectivity index (χ4v) is 1.08. The van der Waals surface area contributed by atoms with E-state index in [1.54, 1.807) is 6.08 Å². The van der Waals surface area contributed by atoms with Crippen LogP contribution in [0.3, 0.4) is 0 Å². The van der Waals surface area contributed by atoms with E-state index in [-0.39, 0.29) is 0 Å². The van der Waals surface area contributed by atoms with Crippen LogP contribution in [0.5, 0.6) is 0 Å². The molecular weight excluding hydrogens is 168 g/mol. The first kappa shape index (κ1) is 12.7. The number of hydrogen-bond donors (Lipinski definition) is 0. The zero-order valence-corrected chi connectivity index (χ0v) is 9.46. The third kappa shape index (κ3) is 4.08. The van der Waals surface area contributed by atoms with Crippen molar-refractivity contribution >= 4 is 0 Å². The lowest BCUT2D eigenvalue weighted by Gasteiger charge is -1.96. The Hall–Kier alpha value is -1.30. The van der Waals surface area contributed by atoms with E-state index in [4.69, 9.17) is 0 Å². The first-order valence-electron chi connectivity index (χ1n) is 5.12. The summed E-state index contributed by atoms with van der Waals surface area (Å²) in [4.78, 5) is 0. The molecule has 0 aromatic carbocycles. The van der Waals surface area contributed by atoms with Crippen molar-refractivity contribution in [3.8, 4) is 0 Å². The largest absolute Gasteiger partial charge is 0.0990 e. The molecule has 0 aliphatic heterocycles. The Labute approximate surface area is 88.0 Å². The Kier molecular flexibility index (Phi) is 6.47. The highest BCUT2D eigenvalue weighted by Gasteiger charge is 2.00. The minimum Gasteiger partial charge on any atom is -0.0990 e. The third-order valence-electron chi connectivity index (χ3n) is 1.85. The van der Waals surface area contributed by atoms with Gasteiger partial charge in [-0.2, -0.15) is 0 Å². The maximum atomic E-state index is 3.95. The molecule has 0 fully saturated rings. The van der Waals surface area contributed by atoms with Crippen molar-refractivity contribution in [3.05, 3.63) is 60.8 Å². The van der Waals surface area contributed by atoms with E-state index in [0.29, 0.717) is 5.92 Å². The fourth-order valence-electron chi connectivity index (χ4n) is 1.08. The summed E-state index contributed by atoms with van der Waals surface area (Å²) in [5.41, 5.74) is 2.20. The molecule has 0 saturated heterocycles. The van der Waals surface area contributed by atoms with Gasteiger partial charge >= 0.3 is 0 Å². The molecule has 0 radical (unpaired) electrons. The summed E-state index contributed by atoms with van der Waals surface area (Å²) in [5, 5.41) is 0. The maximum Gasteiger partial charge on any atom is -0.00752 e. The monoisotopic (exact) mass is 188 g/mol. The molecule has 1 rings (SSSR count). The molecule has 76 valence electrons. The molecule has 0 heteroatoms. The molecule has 1 aliphatic rings. The Bertz CT molecular complexity index is 274. The average molecular weight is 188 g/mol. The van der Waals surface area contributed by atoms with Crippen molar-refractivity contribution in [1.82, 2.24) is 0 Å². The standard InChI is InChI=1S/C12H14.C2H6/c1-4-5-12-9-7-10(2)6-8-11(12)3;1-2/h4-10H,1,3H2,2H3;1-2H3/b12-5-;. The van der Waals surface area contributed by atoms with Crippen LogP contribution in [-0.4, -0.2) is 0 Å². The molecule has 0 saturated carbocycles. The van der Waals surface area contributed by atoms with Crippen molar-refractivity contribution in [3.63, 3.8) is 0 Å². The predicted octanol–water partition coefficient (Wildman–Crippen LogP) is 4.44. The number of rotatable bonds is 1. The van der Waals surface area contributed by atoms with Gasteiger partial charge in [-0.15, -0.1) is 0 Å². The SMILES string of the molecule is C=C/C=C1/C=CC(C)C=CC1=C.CC. The summed E-state index contributed by atoms with van der Waals surface area (Å²) in [6.45, 7) is 13.8. The number of allylic oxidation sites excluding steroid dienone is 8.